The summed E-state index contributed by atoms with van der Waals surface area (Å²) < 4.78 is 40.1. The molecule has 7 nitrogen and oxygen atoms in total. The average Bonchev–Trinajstić information content (AvgIpc) is 3.20. The van der Waals surface area contributed by atoms with E-state index in [9.17, 15) is 13.2 Å². The molecule has 192 valence electrons. The third kappa shape index (κ3) is 5.37. The van der Waals surface area contributed by atoms with E-state index in [1.54, 1.807) is 37.3 Å². The largest absolute Gasteiger partial charge is 0.497 e. The number of hydrogen-bond acceptors (Lipinski definition) is 5. The summed E-state index contributed by atoms with van der Waals surface area (Å²) in [7, 11) is -1.02. The van der Waals surface area contributed by atoms with Gasteiger partial charge in [-0.15, -0.1) is 0 Å². The van der Waals surface area contributed by atoms with Crippen molar-refractivity contribution < 1.29 is 22.7 Å². The number of carbonyl (C=O) groups excluding carboxylic acids is 1. The molecule has 0 radical (unpaired) electrons. The number of nitrogens with zero attached hydrogens (tertiary/aromatic N) is 2. The third-order valence-electron chi connectivity index (χ3n) is 8.07. The van der Waals surface area contributed by atoms with Crippen LogP contribution in [0.4, 0.5) is 5.69 Å². The standard InChI is InChI=1S/C27H38N2O5S/c1-4-23-10-8-21-7-5-13-27(15-12-21)14-6-17-28(18-16-27)26(30)20-29(35(23,31)32)24-19-22(33-2)9-11-25(24)34-3/h4,8-11,19,21H,5-7,12-18,20H2,1-3H3/b10-8-,23-4+. The first-order valence-corrected chi connectivity index (χ1v) is 14.1. The van der Waals surface area contributed by atoms with Gasteiger partial charge in [0.1, 0.15) is 18.0 Å². The number of carbonyl (C=O) groups is 1. The average molecular weight is 503 g/mol. The van der Waals surface area contributed by atoms with Gasteiger partial charge >= 0.3 is 0 Å². The van der Waals surface area contributed by atoms with E-state index in [1.165, 1.54) is 24.9 Å². The zero-order chi connectivity index (χ0) is 25.1. The van der Waals surface area contributed by atoms with Crippen molar-refractivity contribution in [3.8, 4) is 11.5 Å². The fourth-order valence-corrected chi connectivity index (χ4v) is 7.38. The summed E-state index contributed by atoms with van der Waals surface area (Å²) in [5.41, 5.74) is 0.595. The molecule has 1 saturated carbocycles. The highest BCUT2D eigenvalue weighted by Gasteiger charge is 2.37. The number of allylic oxidation sites excluding steroid dienone is 3. The number of fused-ring (bicyclic) bond motifs is 4. The van der Waals surface area contributed by atoms with Gasteiger partial charge in [-0.25, -0.2) is 8.42 Å². The molecule has 8 heteroatoms. The van der Waals surface area contributed by atoms with Crippen molar-refractivity contribution in [2.45, 2.75) is 58.3 Å². The maximum atomic E-state index is 14.0. The Kier molecular flexibility index (Phi) is 7.79. The second-order valence-electron chi connectivity index (χ2n) is 10.0. The zero-order valence-electron chi connectivity index (χ0n) is 21.2. The van der Waals surface area contributed by atoms with Gasteiger partial charge in [0, 0.05) is 19.2 Å². The minimum Gasteiger partial charge on any atom is -0.497 e. The Morgan fingerprint density at radius 1 is 1.03 bits per heavy atom. The Hall–Kier alpha value is -2.48. The molecule has 2 atom stereocenters. The molecule has 4 rings (SSSR count). The second kappa shape index (κ2) is 10.6. The minimum absolute atomic E-state index is 0.182. The lowest BCUT2D eigenvalue weighted by atomic mass is 9.74. The molecule has 1 aromatic carbocycles. The number of methoxy groups -OCH3 is 2. The van der Waals surface area contributed by atoms with Gasteiger partial charge < -0.3 is 14.4 Å². The van der Waals surface area contributed by atoms with Crippen LogP contribution in [0.3, 0.4) is 0 Å². The molecule has 3 aliphatic rings. The molecule has 35 heavy (non-hydrogen) atoms. The van der Waals surface area contributed by atoms with Gasteiger partial charge in [-0.2, -0.15) is 0 Å². The monoisotopic (exact) mass is 502 g/mol. The van der Waals surface area contributed by atoms with E-state index >= 15 is 0 Å². The van der Waals surface area contributed by atoms with Gasteiger partial charge in [0.2, 0.25) is 5.91 Å². The van der Waals surface area contributed by atoms with E-state index in [4.69, 9.17) is 9.47 Å². The summed E-state index contributed by atoms with van der Waals surface area (Å²) in [5, 5.41) is 0. The van der Waals surface area contributed by atoms with E-state index in [0.29, 0.717) is 41.6 Å². The summed E-state index contributed by atoms with van der Waals surface area (Å²) in [6, 6.07) is 5.00. The summed E-state index contributed by atoms with van der Waals surface area (Å²) >= 11 is 0. The summed E-state index contributed by atoms with van der Waals surface area (Å²) in [6.07, 6.45) is 14.1. The Morgan fingerprint density at radius 3 is 2.57 bits per heavy atom. The summed E-state index contributed by atoms with van der Waals surface area (Å²) in [6.45, 7) is 2.79. The molecule has 1 spiro atoms. The molecule has 2 heterocycles. The predicted octanol–water partition coefficient (Wildman–Crippen LogP) is 4.89. The van der Waals surface area contributed by atoms with Crippen molar-refractivity contribution in [3.63, 3.8) is 0 Å². The molecule has 2 aliphatic heterocycles. The molecule has 1 saturated heterocycles. The molecule has 0 N–H and O–H groups in total. The van der Waals surface area contributed by atoms with Gasteiger partial charge in [-0.1, -0.05) is 18.6 Å². The predicted molar refractivity (Wildman–Crippen MR) is 138 cm³/mol. The fraction of sp³-hybridized carbons (Fsp3) is 0.593. The van der Waals surface area contributed by atoms with E-state index in [-0.39, 0.29) is 17.4 Å². The Labute approximate surface area is 209 Å². The van der Waals surface area contributed by atoms with Gasteiger partial charge in [-0.05, 0) is 81.4 Å². The van der Waals surface area contributed by atoms with Crippen LogP contribution in [0.5, 0.6) is 11.5 Å². The van der Waals surface area contributed by atoms with Gasteiger partial charge in [0.15, 0.2) is 0 Å². The van der Waals surface area contributed by atoms with Gasteiger partial charge in [0.05, 0.1) is 24.8 Å². The second-order valence-corrected chi connectivity index (χ2v) is 11.9. The van der Waals surface area contributed by atoms with Crippen LogP contribution < -0.4 is 13.8 Å². The maximum Gasteiger partial charge on any atom is 0.264 e. The van der Waals surface area contributed by atoms with Crippen LogP contribution in [-0.2, 0) is 14.8 Å². The lowest BCUT2D eigenvalue weighted by molar-refractivity contribution is -0.129. The van der Waals surface area contributed by atoms with E-state index in [2.05, 4.69) is 6.08 Å². The molecule has 1 aromatic rings. The number of amides is 1. The molecule has 1 aliphatic carbocycles. The number of hydrogen-bond donors (Lipinski definition) is 0. The van der Waals surface area contributed by atoms with Crippen molar-refractivity contribution in [1.29, 1.82) is 0 Å². The highest BCUT2D eigenvalue weighted by atomic mass is 32.2. The van der Waals surface area contributed by atoms with Crippen LogP contribution in [-0.4, -0.2) is 53.1 Å². The number of ether oxygens (including phenoxy) is 2. The highest BCUT2D eigenvalue weighted by molar-refractivity contribution is 7.96. The fourth-order valence-electron chi connectivity index (χ4n) is 5.90. The Balaban J connectivity index is 1.83. The first kappa shape index (κ1) is 25.6. The van der Waals surface area contributed by atoms with Crippen molar-refractivity contribution in [2.75, 3.05) is 38.2 Å². The Morgan fingerprint density at radius 2 is 1.83 bits per heavy atom. The van der Waals surface area contributed by atoms with Crippen LogP contribution >= 0.6 is 0 Å². The van der Waals surface area contributed by atoms with Crippen LogP contribution in [0.1, 0.15) is 58.3 Å². The first-order chi connectivity index (χ1) is 16.8. The Bertz CT molecular complexity index is 1100. The van der Waals surface area contributed by atoms with E-state index in [1.807, 2.05) is 4.90 Å². The van der Waals surface area contributed by atoms with Crippen LogP contribution in [0.25, 0.3) is 0 Å². The molecule has 1 amide bonds. The number of anilines is 1. The molecule has 0 aromatic heterocycles. The highest BCUT2D eigenvalue weighted by Crippen LogP contribution is 2.45. The topological polar surface area (TPSA) is 76.2 Å². The van der Waals surface area contributed by atoms with Gasteiger partial charge in [0.25, 0.3) is 10.0 Å². The van der Waals surface area contributed by atoms with Crippen molar-refractivity contribution in [2.24, 2.45) is 11.3 Å². The van der Waals surface area contributed by atoms with Crippen molar-refractivity contribution >= 4 is 21.6 Å². The van der Waals surface area contributed by atoms with Crippen molar-refractivity contribution in [3.05, 3.63) is 41.3 Å². The number of rotatable bonds is 3. The first-order valence-electron chi connectivity index (χ1n) is 12.7. The van der Waals surface area contributed by atoms with Gasteiger partial charge in [-0.3, -0.25) is 9.10 Å². The molecule has 2 fully saturated rings. The summed E-state index contributed by atoms with van der Waals surface area (Å²) in [4.78, 5) is 15.6. The SMILES string of the molecule is C/C=C1\C=C/C2CCCC3(CCCN(CC3)C(=O)CN(c3cc(OC)ccc3OC)S1(=O)=O)CC2. The van der Waals surface area contributed by atoms with E-state index < -0.39 is 10.0 Å². The van der Waals surface area contributed by atoms with E-state index in [0.717, 1.165) is 44.9 Å². The third-order valence-corrected chi connectivity index (χ3v) is 9.94. The number of benzene rings is 1. The minimum atomic E-state index is -4.04. The summed E-state index contributed by atoms with van der Waals surface area (Å²) in [5.74, 6) is 1.04. The maximum absolute atomic E-state index is 14.0. The normalized spacial score (nSPS) is 29.4. The molecular formula is C27H38N2O5S. The van der Waals surface area contributed by atoms with Crippen LogP contribution in [0.15, 0.2) is 41.3 Å². The van der Waals surface area contributed by atoms with Crippen molar-refractivity contribution in [1.82, 2.24) is 4.90 Å². The molecular weight excluding hydrogens is 464 g/mol. The van der Waals surface area contributed by atoms with Crippen LogP contribution in [0, 0.1) is 11.3 Å². The lowest BCUT2D eigenvalue weighted by Gasteiger charge is -2.32. The number of sulfonamides is 1. The smallest absolute Gasteiger partial charge is 0.264 e. The quantitative estimate of drug-likeness (QED) is 0.588. The lowest BCUT2D eigenvalue weighted by Crippen LogP contribution is -2.44. The zero-order valence-corrected chi connectivity index (χ0v) is 22.0. The molecule has 3 bridgehead atoms. The molecule has 2 unspecified atom stereocenters. The van der Waals surface area contributed by atoms with Crippen LogP contribution in [0.2, 0.25) is 0 Å².